The quantitative estimate of drug-likeness (QED) is 0.511. The molecule has 0 saturated heterocycles. The highest BCUT2D eigenvalue weighted by molar-refractivity contribution is 9.10. The molecule has 0 aliphatic heterocycles. The minimum Gasteiger partial charge on any atom is -0.444 e. The fourth-order valence-electron chi connectivity index (χ4n) is 2.60. The van der Waals surface area contributed by atoms with Crippen LogP contribution in [0.15, 0.2) is 57.6 Å². The van der Waals surface area contributed by atoms with Gasteiger partial charge in [0.15, 0.2) is 10.4 Å². The van der Waals surface area contributed by atoms with Crippen LogP contribution in [0, 0.1) is 0 Å². The molecule has 1 aromatic carbocycles. The van der Waals surface area contributed by atoms with Crippen molar-refractivity contribution in [3.8, 4) is 0 Å². The van der Waals surface area contributed by atoms with Crippen molar-refractivity contribution in [1.29, 1.82) is 0 Å². The van der Waals surface area contributed by atoms with Gasteiger partial charge in [-0.1, -0.05) is 23.7 Å². The Balaban J connectivity index is 1.84. The van der Waals surface area contributed by atoms with Crippen LogP contribution in [0.25, 0.3) is 0 Å². The molecule has 2 aromatic heterocycles. The van der Waals surface area contributed by atoms with E-state index in [1.165, 1.54) is 16.2 Å². The van der Waals surface area contributed by atoms with Gasteiger partial charge >= 0.3 is 0 Å². The van der Waals surface area contributed by atoms with Crippen LogP contribution in [0.2, 0.25) is 4.34 Å². The summed E-state index contributed by atoms with van der Waals surface area (Å²) in [5.41, 5.74) is 0.945. The Morgan fingerprint density at radius 2 is 1.81 bits per heavy atom. The number of hydrogen-bond acceptors (Lipinski definition) is 4. The molecule has 3 aromatic rings. The number of nitrogens with zero attached hydrogens (tertiary/aromatic N) is 2. The third-order valence-corrected chi connectivity index (χ3v) is 5.60. The molecule has 0 unspecified atom stereocenters. The van der Waals surface area contributed by atoms with E-state index in [0.29, 0.717) is 26.8 Å². The number of anilines is 1. The molecule has 0 aliphatic carbocycles. The second-order valence-electron chi connectivity index (χ2n) is 5.85. The van der Waals surface area contributed by atoms with E-state index in [2.05, 4.69) is 15.9 Å². The van der Waals surface area contributed by atoms with Crippen LogP contribution in [0.4, 0.5) is 5.69 Å². The number of carbonyl (C=O) groups is 2. The first-order chi connectivity index (χ1) is 12.9. The van der Waals surface area contributed by atoms with Gasteiger partial charge in [0.05, 0.1) is 22.1 Å². The molecular formula is C19H16BrClN2O3S. The summed E-state index contributed by atoms with van der Waals surface area (Å²) in [5, 5.41) is 0. The third kappa shape index (κ3) is 4.43. The Kier molecular flexibility index (Phi) is 6.04. The molecular weight excluding hydrogens is 452 g/mol. The monoisotopic (exact) mass is 466 g/mol. The maximum Gasteiger partial charge on any atom is 0.293 e. The fraction of sp³-hybridized carbons (Fsp3) is 0.158. The summed E-state index contributed by atoms with van der Waals surface area (Å²) in [6, 6.07) is 13.9. The Morgan fingerprint density at radius 1 is 1.07 bits per heavy atom. The minimum atomic E-state index is -0.339. The van der Waals surface area contributed by atoms with E-state index in [-0.39, 0.29) is 17.6 Å². The number of amides is 2. The smallest absolute Gasteiger partial charge is 0.293 e. The summed E-state index contributed by atoms with van der Waals surface area (Å²) < 4.78 is 6.49. The van der Waals surface area contributed by atoms with E-state index in [4.69, 9.17) is 16.0 Å². The zero-order valence-electron chi connectivity index (χ0n) is 14.6. The van der Waals surface area contributed by atoms with Gasteiger partial charge in [0.1, 0.15) is 0 Å². The van der Waals surface area contributed by atoms with Crippen molar-refractivity contribution >= 4 is 56.4 Å². The average molecular weight is 468 g/mol. The summed E-state index contributed by atoms with van der Waals surface area (Å²) >= 11 is 10.6. The highest BCUT2D eigenvalue weighted by Crippen LogP contribution is 2.26. The summed E-state index contributed by atoms with van der Waals surface area (Å²) in [4.78, 5) is 29.6. The number of rotatable bonds is 5. The fourth-order valence-corrected chi connectivity index (χ4v) is 4.05. The Morgan fingerprint density at radius 3 is 2.44 bits per heavy atom. The van der Waals surface area contributed by atoms with Gasteiger partial charge in [-0.3, -0.25) is 9.59 Å². The normalized spacial score (nSPS) is 10.7. The van der Waals surface area contributed by atoms with Gasteiger partial charge in [-0.25, -0.2) is 0 Å². The van der Waals surface area contributed by atoms with E-state index in [1.807, 2.05) is 12.1 Å². The minimum absolute atomic E-state index is 0.185. The number of para-hydroxylation sites is 1. The average Bonchev–Trinajstić information content (AvgIpc) is 3.28. The van der Waals surface area contributed by atoms with Crippen molar-refractivity contribution in [2.24, 2.45) is 0 Å². The van der Waals surface area contributed by atoms with E-state index in [9.17, 15) is 9.59 Å². The molecule has 0 saturated carbocycles. The molecule has 8 heteroatoms. The maximum absolute atomic E-state index is 13.0. The van der Waals surface area contributed by atoms with Crippen molar-refractivity contribution in [3.05, 3.63) is 73.7 Å². The van der Waals surface area contributed by atoms with Crippen LogP contribution in [0.3, 0.4) is 0 Å². The van der Waals surface area contributed by atoms with Gasteiger partial charge in [0.2, 0.25) is 0 Å². The molecule has 27 heavy (non-hydrogen) atoms. The van der Waals surface area contributed by atoms with Crippen LogP contribution in [0.1, 0.15) is 25.8 Å². The maximum atomic E-state index is 13.0. The highest BCUT2D eigenvalue weighted by atomic mass is 79.9. The van der Waals surface area contributed by atoms with Crippen molar-refractivity contribution in [1.82, 2.24) is 4.90 Å². The predicted octanol–water partition coefficient (Wildman–Crippen LogP) is 5.31. The van der Waals surface area contributed by atoms with Crippen LogP contribution in [-0.4, -0.2) is 30.8 Å². The van der Waals surface area contributed by atoms with Gasteiger partial charge in [0.25, 0.3) is 11.8 Å². The molecule has 3 rings (SSSR count). The molecule has 0 spiro atoms. The van der Waals surface area contributed by atoms with Gasteiger partial charge in [-0.05, 0) is 52.3 Å². The number of halogens is 2. The number of benzene rings is 1. The standard InChI is InChI=1S/C19H16BrClN2O3S/c1-22(11-12-7-10-17(21)27-12)18(24)13-5-3-4-6-14(13)23(2)19(25)15-8-9-16(20)26-15/h3-10H,11H2,1-2H3. The zero-order chi connectivity index (χ0) is 19.6. The largest absolute Gasteiger partial charge is 0.444 e. The molecule has 5 nitrogen and oxygen atoms in total. The Labute approximate surface area is 174 Å². The zero-order valence-corrected chi connectivity index (χ0v) is 17.8. The summed E-state index contributed by atoms with van der Waals surface area (Å²) in [7, 11) is 3.34. The van der Waals surface area contributed by atoms with Crippen LogP contribution in [-0.2, 0) is 6.54 Å². The molecule has 0 atom stereocenters. The van der Waals surface area contributed by atoms with Crippen molar-refractivity contribution < 1.29 is 14.0 Å². The number of carbonyl (C=O) groups excluding carboxylic acids is 2. The van der Waals surface area contributed by atoms with Crippen LogP contribution >= 0.6 is 38.9 Å². The first-order valence-electron chi connectivity index (χ1n) is 7.99. The van der Waals surface area contributed by atoms with E-state index in [1.54, 1.807) is 55.4 Å². The first kappa shape index (κ1) is 19.7. The van der Waals surface area contributed by atoms with Crippen molar-refractivity contribution in [2.75, 3.05) is 19.0 Å². The number of furan rings is 1. The molecule has 0 radical (unpaired) electrons. The Hall–Kier alpha value is -2.09. The summed E-state index contributed by atoms with van der Waals surface area (Å²) in [6.07, 6.45) is 0. The first-order valence-corrected chi connectivity index (χ1v) is 9.97. The number of hydrogen-bond donors (Lipinski definition) is 0. The number of thiophene rings is 1. The third-order valence-electron chi connectivity index (χ3n) is 3.95. The van der Waals surface area contributed by atoms with Gasteiger partial charge in [0, 0.05) is 19.0 Å². The molecule has 0 fully saturated rings. The van der Waals surface area contributed by atoms with E-state index in [0.717, 1.165) is 4.88 Å². The lowest BCUT2D eigenvalue weighted by Crippen LogP contribution is -2.31. The van der Waals surface area contributed by atoms with Crippen LogP contribution in [0.5, 0.6) is 0 Å². The van der Waals surface area contributed by atoms with E-state index < -0.39 is 0 Å². The molecule has 2 amide bonds. The van der Waals surface area contributed by atoms with Crippen molar-refractivity contribution in [2.45, 2.75) is 6.54 Å². The summed E-state index contributed by atoms with van der Waals surface area (Å²) in [5.74, 6) is -0.336. The van der Waals surface area contributed by atoms with Gasteiger partial charge in [-0.15, -0.1) is 11.3 Å². The second-order valence-corrected chi connectivity index (χ2v) is 8.43. The molecule has 140 valence electrons. The predicted molar refractivity (Wildman–Crippen MR) is 111 cm³/mol. The SMILES string of the molecule is CN(Cc1ccc(Cl)s1)C(=O)c1ccccc1N(C)C(=O)c1ccc(Br)o1. The molecule has 2 heterocycles. The molecule has 0 aliphatic rings. The molecule has 0 N–H and O–H groups in total. The summed E-state index contributed by atoms with van der Waals surface area (Å²) in [6.45, 7) is 0.438. The van der Waals surface area contributed by atoms with Gasteiger partial charge in [-0.2, -0.15) is 0 Å². The van der Waals surface area contributed by atoms with Gasteiger partial charge < -0.3 is 14.2 Å². The van der Waals surface area contributed by atoms with Crippen molar-refractivity contribution in [3.63, 3.8) is 0 Å². The Bertz CT molecular complexity index is 985. The molecule has 0 bridgehead atoms. The lowest BCUT2D eigenvalue weighted by Gasteiger charge is -2.22. The van der Waals surface area contributed by atoms with Crippen LogP contribution < -0.4 is 4.90 Å². The second kappa shape index (κ2) is 8.29. The lowest BCUT2D eigenvalue weighted by atomic mass is 10.1. The van der Waals surface area contributed by atoms with E-state index >= 15 is 0 Å². The highest BCUT2D eigenvalue weighted by Gasteiger charge is 2.23. The topological polar surface area (TPSA) is 53.8 Å². The lowest BCUT2D eigenvalue weighted by molar-refractivity contribution is 0.0787.